The number of rotatable bonds is 6. The molecule has 0 bridgehead atoms. The summed E-state index contributed by atoms with van der Waals surface area (Å²) in [6.45, 7) is 6.61. The van der Waals surface area contributed by atoms with Crippen molar-refractivity contribution in [3.63, 3.8) is 0 Å². The standard InChI is InChI=1S/C9H17N3OS2/c1-4-5-10-7-11-12-8(15-7)14-6-9(2,3)13/h13H,4-6H2,1-3H3,(H,10,11). The van der Waals surface area contributed by atoms with Crippen LogP contribution in [0.4, 0.5) is 5.13 Å². The fourth-order valence-electron chi connectivity index (χ4n) is 0.810. The maximum Gasteiger partial charge on any atom is 0.206 e. The van der Waals surface area contributed by atoms with Crippen LogP contribution in [0.5, 0.6) is 0 Å². The van der Waals surface area contributed by atoms with Crippen LogP contribution in [0, 0.1) is 0 Å². The lowest BCUT2D eigenvalue weighted by Crippen LogP contribution is -2.21. The lowest BCUT2D eigenvalue weighted by molar-refractivity contribution is 0.107. The van der Waals surface area contributed by atoms with Gasteiger partial charge in [-0.2, -0.15) is 0 Å². The molecule has 4 nitrogen and oxygen atoms in total. The number of hydrogen-bond donors (Lipinski definition) is 2. The van der Waals surface area contributed by atoms with Gasteiger partial charge in [-0.05, 0) is 20.3 Å². The molecule has 0 unspecified atom stereocenters. The number of aromatic nitrogens is 2. The largest absolute Gasteiger partial charge is 0.390 e. The number of thioether (sulfide) groups is 1. The zero-order valence-electron chi connectivity index (χ0n) is 9.28. The third-order valence-electron chi connectivity index (χ3n) is 1.48. The van der Waals surface area contributed by atoms with E-state index in [9.17, 15) is 5.11 Å². The van der Waals surface area contributed by atoms with Crippen molar-refractivity contribution in [2.24, 2.45) is 0 Å². The maximum atomic E-state index is 9.55. The molecule has 0 saturated carbocycles. The van der Waals surface area contributed by atoms with Crippen molar-refractivity contribution in [1.29, 1.82) is 0 Å². The van der Waals surface area contributed by atoms with Crippen molar-refractivity contribution in [2.45, 2.75) is 37.1 Å². The Labute approximate surface area is 98.5 Å². The van der Waals surface area contributed by atoms with E-state index < -0.39 is 5.60 Å². The molecule has 0 saturated heterocycles. The second kappa shape index (κ2) is 5.67. The number of aliphatic hydroxyl groups is 1. The fourth-order valence-corrected chi connectivity index (χ4v) is 2.54. The Morgan fingerprint density at radius 1 is 1.47 bits per heavy atom. The third kappa shape index (κ3) is 5.34. The minimum absolute atomic E-state index is 0.634. The van der Waals surface area contributed by atoms with E-state index in [4.69, 9.17) is 0 Å². The molecule has 1 heterocycles. The van der Waals surface area contributed by atoms with Crippen LogP contribution in [0.2, 0.25) is 0 Å². The van der Waals surface area contributed by atoms with Crippen LogP contribution < -0.4 is 5.32 Å². The molecule has 6 heteroatoms. The molecular weight excluding hydrogens is 230 g/mol. The second-order valence-electron chi connectivity index (χ2n) is 3.90. The van der Waals surface area contributed by atoms with Gasteiger partial charge in [0, 0.05) is 12.3 Å². The molecule has 1 aromatic rings. The van der Waals surface area contributed by atoms with Gasteiger partial charge in [0.1, 0.15) is 0 Å². The lowest BCUT2D eigenvalue weighted by Gasteiger charge is -2.14. The van der Waals surface area contributed by atoms with Gasteiger partial charge >= 0.3 is 0 Å². The van der Waals surface area contributed by atoms with Crippen LogP contribution in [0.25, 0.3) is 0 Å². The summed E-state index contributed by atoms with van der Waals surface area (Å²) in [7, 11) is 0. The van der Waals surface area contributed by atoms with Crippen molar-refractivity contribution in [1.82, 2.24) is 10.2 Å². The van der Waals surface area contributed by atoms with Crippen molar-refractivity contribution < 1.29 is 5.11 Å². The first-order chi connectivity index (χ1) is 7.01. The first-order valence-corrected chi connectivity index (χ1v) is 6.74. The van der Waals surface area contributed by atoms with Crippen LogP contribution in [-0.2, 0) is 0 Å². The molecule has 0 amide bonds. The normalized spacial score (nSPS) is 11.7. The van der Waals surface area contributed by atoms with E-state index in [1.165, 1.54) is 23.1 Å². The zero-order valence-corrected chi connectivity index (χ0v) is 10.9. The molecule has 0 atom stereocenters. The monoisotopic (exact) mass is 247 g/mol. The van der Waals surface area contributed by atoms with Gasteiger partial charge in [-0.1, -0.05) is 30.0 Å². The van der Waals surface area contributed by atoms with E-state index in [1.54, 1.807) is 13.8 Å². The Morgan fingerprint density at radius 2 is 2.20 bits per heavy atom. The highest BCUT2D eigenvalue weighted by atomic mass is 32.2. The van der Waals surface area contributed by atoms with E-state index in [2.05, 4.69) is 22.4 Å². The van der Waals surface area contributed by atoms with Crippen LogP contribution in [0.1, 0.15) is 27.2 Å². The molecule has 0 aromatic carbocycles. The highest BCUT2D eigenvalue weighted by molar-refractivity contribution is 8.01. The summed E-state index contributed by atoms with van der Waals surface area (Å²) >= 11 is 3.07. The first kappa shape index (κ1) is 12.7. The molecular formula is C9H17N3OS2. The van der Waals surface area contributed by atoms with Crippen molar-refractivity contribution in [3.8, 4) is 0 Å². The summed E-state index contributed by atoms with van der Waals surface area (Å²) < 4.78 is 0.899. The van der Waals surface area contributed by atoms with Crippen LogP contribution in [0.3, 0.4) is 0 Å². The molecule has 0 aliphatic rings. The van der Waals surface area contributed by atoms with Gasteiger partial charge in [0.05, 0.1) is 5.60 Å². The number of anilines is 1. The number of nitrogens with zero attached hydrogens (tertiary/aromatic N) is 2. The Morgan fingerprint density at radius 3 is 2.80 bits per heavy atom. The molecule has 86 valence electrons. The summed E-state index contributed by atoms with van der Waals surface area (Å²) in [5.74, 6) is 0.634. The average molecular weight is 247 g/mol. The summed E-state index contributed by atoms with van der Waals surface area (Å²) in [4.78, 5) is 0. The molecule has 1 rings (SSSR count). The minimum Gasteiger partial charge on any atom is -0.390 e. The predicted molar refractivity (Wildman–Crippen MR) is 65.7 cm³/mol. The fraction of sp³-hybridized carbons (Fsp3) is 0.778. The summed E-state index contributed by atoms with van der Waals surface area (Å²) in [6, 6.07) is 0. The highest BCUT2D eigenvalue weighted by Gasteiger charge is 2.14. The second-order valence-corrected chi connectivity index (χ2v) is 6.10. The van der Waals surface area contributed by atoms with Gasteiger partial charge in [0.15, 0.2) is 4.34 Å². The van der Waals surface area contributed by atoms with E-state index in [1.807, 2.05) is 0 Å². The van der Waals surface area contributed by atoms with E-state index >= 15 is 0 Å². The van der Waals surface area contributed by atoms with Crippen LogP contribution >= 0.6 is 23.1 Å². The van der Waals surface area contributed by atoms with Gasteiger partial charge in [-0.15, -0.1) is 10.2 Å². The Bertz CT molecular complexity index is 296. The lowest BCUT2D eigenvalue weighted by atomic mass is 10.2. The predicted octanol–water partition coefficient (Wildman–Crippen LogP) is 2.22. The molecule has 2 N–H and O–H groups in total. The van der Waals surface area contributed by atoms with Crippen molar-refractivity contribution in [2.75, 3.05) is 17.6 Å². The summed E-state index contributed by atoms with van der Waals surface area (Å²) in [5, 5.41) is 21.6. The van der Waals surface area contributed by atoms with E-state index in [-0.39, 0.29) is 0 Å². The van der Waals surface area contributed by atoms with Crippen LogP contribution in [0.15, 0.2) is 4.34 Å². The molecule has 0 radical (unpaired) electrons. The molecule has 15 heavy (non-hydrogen) atoms. The zero-order chi connectivity index (χ0) is 11.3. The Hall–Kier alpha value is -0.330. The Kier molecular flexibility index (Phi) is 4.82. The van der Waals surface area contributed by atoms with Crippen molar-refractivity contribution in [3.05, 3.63) is 0 Å². The van der Waals surface area contributed by atoms with Crippen LogP contribution in [-0.4, -0.2) is 33.2 Å². The topological polar surface area (TPSA) is 58.0 Å². The average Bonchev–Trinajstić information content (AvgIpc) is 2.58. The highest BCUT2D eigenvalue weighted by Crippen LogP contribution is 2.27. The van der Waals surface area contributed by atoms with Gasteiger partial charge in [-0.3, -0.25) is 0 Å². The quantitative estimate of drug-likeness (QED) is 0.755. The smallest absolute Gasteiger partial charge is 0.206 e. The van der Waals surface area contributed by atoms with Gasteiger partial charge in [-0.25, -0.2) is 0 Å². The molecule has 0 fully saturated rings. The third-order valence-corrected chi connectivity index (χ3v) is 3.94. The Balaban J connectivity index is 2.39. The van der Waals surface area contributed by atoms with E-state index in [0.717, 1.165) is 22.4 Å². The van der Waals surface area contributed by atoms with Gasteiger partial charge in [0.25, 0.3) is 0 Å². The van der Waals surface area contributed by atoms with Gasteiger partial charge in [0.2, 0.25) is 5.13 Å². The number of nitrogens with one attached hydrogen (secondary N) is 1. The molecule has 1 aromatic heterocycles. The number of hydrogen-bond acceptors (Lipinski definition) is 6. The first-order valence-electron chi connectivity index (χ1n) is 4.94. The van der Waals surface area contributed by atoms with Gasteiger partial charge < -0.3 is 10.4 Å². The molecule has 0 aliphatic carbocycles. The van der Waals surface area contributed by atoms with Crippen molar-refractivity contribution >= 4 is 28.2 Å². The SMILES string of the molecule is CCCNc1nnc(SCC(C)(C)O)s1. The minimum atomic E-state index is -0.659. The molecule has 0 spiro atoms. The summed E-state index contributed by atoms with van der Waals surface area (Å²) in [6.07, 6.45) is 1.08. The maximum absolute atomic E-state index is 9.55. The molecule has 0 aliphatic heterocycles. The van der Waals surface area contributed by atoms with E-state index in [0.29, 0.717) is 5.75 Å². The summed E-state index contributed by atoms with van der Waals surface area (Å²) in [5.41, 5.74) is -0.659.